The monoisotopic (exact) mass is 454 g/mol. The first-order chi connectivity index (χ1) is 13.8. The second-order valence-corrected chi connectivity index (χ2v) is 7.37. The van der Waals surface area contributed by atoms with Crippen molar-refractivity contribution in [3.05, 3.63) is 62.6 Å². The lowest BCUT2D eigenvalue weighted by atomic mass is 10.2. The van der Waals surface area contributed by atoms with E-state index < -0.39 is 10.8 Å². The summed E-state index contributed by atoms with van der Waals surface area (Å²) in [6.07, 6.45) is 0. The zero-order valence-electron chi connectivity index (χ0n) is 14.5. The number of nitro benzene ring substituents is 1. The van der Waals surface area contributed by atoms with Crippen LogP contribution in [0.2, 0.25) is 10.0 Å². The number of nitrogens with zero attached hydrogens (tertiary/aromatic N) is 3. The third-order valence-corrected chi connectivity index (χ3v) is 5.07. The third kappa shape index (κ3) is 5.17. The quantitative estimate of drug-likeness (QED) is 0.527. The summed E-state index contributed by atoms with van der Waals surface area (Å²) in [6, 6.07) is 10.0. The molecule has 0 spiro atoms. The van der Waals surface area contributed by atoms with Gasteiger partial charge in [0.25, 0.3) is 11.6 Å². The number of hydrogen-bond donors (Lipinski definition) is 1. The molecule has 9 nitrogen and oxygen atoms in total. The number of nitro groups is 1. The molecule has 1 N–H and O–H groups in total. The molecule has 150 valence electrons. The molecule has 1 heterocycles. The van der Waals surface area contributed by atoms with E-state index in [2.05, 4.69) is 10.5 Å². The van der Waals surface area contributed by atoms with E-state index in [9.17, 15) is 19.7 Å². The Hall–Kier alpha value is -2.82. The second-order valence-electron chi connectivity index (χ2n) is 5.58. The van der Waals surface area contributed by atoms with E-state index in [0.29, 0.717) is 10.7 Å². The first kappa shape index (κ1) is 20.9. The van der Waals surface area contributed by atoms with Gasteiger partial charge in [0.2, 0.25) is 5.91 Å². The summed E-state index contributed by atoms with van der Waals surface area (Å²) in [5.41, 5.74) is 2.61. The van der Waals surface area contributed by atoms with Crippen molar-refractivity contribution < 1.29 is 19.2 Å². The number of amidine groups is 1. The highest BCUT2D eigenvalue weighted by atomic mass is 35.5. The van der Waals surface area contributed by atoms with Gasteiger partial charge in [0.15, 0.2) is 11.8 Å². The van der Waals surface area contributed by atoms with E-state index in [1.807, 2.05) is 0 Å². The van der Waals surface area contributed by atoms with E-state index >= 15 is 0 Å². The molecule has 2 aromatic rings. The average molecular weight is 455 g/mol. The fourth-order valence-electron chi connectivity index (χ4n) is 2.30. The maximum Gasteiger partial charge on any atom is 0.278 e. The lowest BCUT2D eigenvalue weighted by Gasteiger charge is -2.15. The number of halogens is 2. The fraction of sp³-hybridized carbons (Fsp3) is 0.118. The minimum Gasteiger partial charge on any atom is -0.482 e. The number of anilines is 1. The molecule has 0 saturated carbocycles. The molecule has 3 rings (SSSR count). The van der Waals surface area contributed by atoms with Crippen molar-refractivity contribution in [3.63, 3.8) is 0 Å². The van der Waals surface area contributed by atoms with Crippen molar-refractivity contribution >= 4 is 63.3 Å². The Morgan fingerprint density at radius 3 is 2.66 bits per heavy atom. The van der Waals surface area contributed by atoms with Gasteiger partial charge in [0.1, 0.15) is 5.75 Å². The lowest BCUT2D eigenvalue weighted by Crippen LogP contribution is -2.32. The first-order valence-electron chi connectivity index (χ1n) is 8.00. The standard InChI is InChI=1S/C17H12Cl2N4O5S/c18-10-1-6-14(13(19)7-10)28-8-15(24)20-21-17-22(16(25)9-29-17)11-2-4-12(5-3-11)23(26)27/h1-7H,8-9H2,(H,20,24)/b21-17+. The Labute approximate surface area is 178 Å². The normalized spacial score (nSPS) is 14.9. The summed E-state index contributed by atoms with van der Waals surface area (Å²) in [5.74, 6) is -0.410. The zero-order chi connectivity index (χ0) is 21.0. The van der Waals surface area contributed by atoms with Gasteiger partial charge in [0.05, 0.1) is 21.4 Å². The van der Waals surface area contributed by atoms with Gasteiger partial charge in [0, 0.05) is 17.2 Å². The molecule has 0 radical (unpaired) electrons. The number of carbonyl (C=O) groups is 2. The molecule has 12 heteroatoms. The van der Waals surface area contributed by atoms with Crippen LogP contribution in [-0.4, -0.2) is 34.3 Å². The van der Waals surface area contributed by atoms with Crippen LogP contribution in [0.4, 0.5) is 11.4 Å². The van der Waals surface area contributed by atoms with Crippen molar-refractivity contribution in [1.82, 2.24) is 5.43 Å². The predicted molar refractivity (Wildman–Crippen MR) is 111 cm³/mol. The van der Waals surface area contributed by atoms with Gasteiger partial charge in [-0.2, -0.15) is 0 Å². The average Bonchev–Trinajstić information content (AvgIpc) is 3.06. The molecular formula is C17H12Cl2N4O5S. The lowest BCUT2D eigenvalue weighted by molar-refractivity contribution is -0.384. The first-order valence-corrected chi connectivity index (χ1v) is 9.74. The molecule has 1 saturated heterocycles. The van der Waals surface area contributed by atoms with E-state index in [1.165, 1.54) is 41.3 Å². The summed E-state index contributed by atoms with van der Waals surface area (Å²) >= 11 is 12.9. The highest BCUT2D eigenvalue weighted by Crippen LogP contribution is 2.28. The fourth-order valence-corrected chi connectivity index (χ4v) is 3.59. The van der Waals surface area contributed by atoms with Crippen molar-refractivity contribution in [2.75, 3.05) is 17.3 Å². The largest absolute Gasteiger partial charge is 0.482 e. The number of hydrogen-bond acceptors (Lipinski definition) is 7. The highest BCUT2D eigenvalue weighted by molar-refractivity contribution is 8.15. The predicted octanol–water partition coefficient (Wildman–Crippen LogP) is 3.45. The third-order valence-electron chi connectivity index (χ3n) is 3.61. The molecule has 0 unspecified atom stereocenters. The summed E-state index contributed by atoms with van der Waals surface area (Å²) in [4.78, 5) is 35.6. The topological polar surface area (TPSA) is 114 Å². The molecule has 2 aromatic carbocycles. The minimum absolute atomic E-state index is 0.0992. The number of hydrazone groups is 1. The van der Waals surface area contributed by atoms with Crippen molar-refractivity contribution in [1.29, 1.82) is 0 Å². The molecule has 0 aromatic heterocycles. The number of carbonyl (C=O) groups excluding carboxylic acids is 2. The van der Waals surface area contributed by atoms with Crippen LogP contribution in [-0.2, 0) is 9.59 Å². The van der Waals surface area contributed by atoms with Crippen LogP contribution in [0.15, 0.2) is 47.6 Å². The van der Waals surface area contributed by atoms with Gasteiger partial charge in [-0.15, -0.1) is 5.10 Å². The van der Waals surface area contributed by atoms with Crippen LogP contribution in [0, 0.1) is 10.1 Å². The Morgan fingerprint density at radius 2 is 2.00 bits per heavy atom. The number of nitrogens with one attached hydrogen (secondary N) is 1. The van der Waals surface area contributed by atoms with Crippen molar-refractivity contribution in [2.24, 2.45) is 5.10 Å². The van der Waals surface area contributed by atoms with E-state index in [1.54, 1.807) is 6.07 Å². The number of non-ortho nitro benzene ring substituents is 1. The van der Waals surface area contributed by atoms with Gasteiger partial charge >= 0.3 is 0 Å². The molecule has 0 atom stereocenters. The molecule has 1 aliphatic rings. The minimum atomic E-state index is -0.563. The van der Waals surface area contributed by atoms with Crippen LogP contribution in [0.1, 0.15) is 0 Å². The van der Waals surface area contributed by atoms with Crippen molar-refractivity contribution in [2.45, 2.75) is 0 Å². The highest BCUT2D eigenvalue weighted by Gasteiger charge is 2.30. The van der Waals surface area contributed by atoms with Gasteiger partial charge in [-0.25, -0.2) is 5.43 Å². The van der Waals surface area contributed by atoms with Gasteiger partial charge in [-0.3, -0.25) is 24.6 Å². The van der Waals surface area contributed by atoms with Crippen LogP contribution in [0.25, 0.3) is 0 Å². The molecular weight excluding hydrogens is 443 g/mol. The van der Waals surface area contributed by atoms with Crippen molar-refractivity contribution in [3.8, 4) is 5.75 Å². The van der Waals surface area contributed by atoms with E-state index in [0.717, 1.165) is 11.8 Å². The number of benzene rings is 2. The SMILES string of the molecule is O=C(COc1ccc(Cl)cc1Cl)N/N=C1/SCC(=O)N1c1ccc([N+](=O)[O-])cc1. The van der Waals surface area contributed by atoms with Crippen LogP contribution >= 0.6 is 35.0 Å². The maximum absolute atomic E-state index is 12.2. The number of amides is 2. The Balaban J connectivity index is 1.64. The number of rotatable bonds is 6. The summed E-state index contributed by atoms with van der Waals surface area (Å²) in [5, 5.41) is 15.7. The van der Waals surface area contributed by atoms with E-state index in [4.69, 9.17) is 27.9 Å². The zero-order valence-corrected chi connectivity index (χ0v) is 16.8. The number of thioether (sulfide) groups is 1. The smallest absolute Gasteiger partial charge is 0.278 e. The maximum atomic E-state index is 12.2. The Bertz CT molecular complexity index is 1000. The molecule has 0 bridgehead atoms. The molecule has 29 heavy (non-hydrogen) atoms. The molecule has 1 fully saturated rings. The van der Waals surface area contributed by atoms with Gasteiger partial charge < -0.3 is 4.74 Å². The molecule has 1 aliphatic heterocycles. The van der Waals surface area contributed by atoms with Crippen LogP contribution in [0.3, 0.4) is 0 Å². The molecule has 0 aliphatic carbocycles. The summed E-state index contributed by atoms with van der Waals surface area (Å²) < 4.78 is 5.31. The second kappa shape index (κ2) is 9.12. The van der Waals surface area contributed by atoms with Gasteiger partial charge in [-0.05, 0) is 30.3 Å². The van der Waals surface area contributed by atoms with Gasteiger partial charge in [-0.1, -0.05) is 35.0 Å². The van der Waals surface area contributed by atoms with Crippen LogP contribution < -0.4 is 15.1 Å². The molecule has 2 amide bonds. The summed E-state index contributed by atoms with van der Waals surface area (Å²) in [6.45, 7) is -0.353. The Morgan fingerprint density at radius 1 is 1.28 bits per heavy atom. The summed E-state index contributed by atoms with van der Waals surface area (Å²) in [7, 11) is 0. The number of ether oxygens (including phenoxy) is 1. The Kier molecular flexibility index (Phi) is 6.57. The van der Waals surface area contributed by atoms with Crippen LogP contribution in [0.5, 0.6) is 5.75 Å². The van der Waals surface area contributed by atoms with E-state index in [-0.39, 0.29) is 39.9 Å².